The average Bonchev–Trinajstić information content (AvgIpc) is 3.80. The van der Waals surface area contributed by atoms with Gasteiger partial charge in [-0.15, -0.1) is 20.5 Å². The Morgan fingerprint density at radius 1 is 0.404 bits per heavy atom. The molecule has 258 valence electrons. The van der Waals surface area contributed by atoms with E-state index in [0.717, 1.165) is 45.5 Å². The van der Waals surface area contributed by atoms with Crippen molar-refractivity contribution in [3.8, 4) is 11.5 Å². The van der Waals surface area contributed by atoms with Crippen LogP contribution in [0.25, 0.3) is 43.1 Å². The van der Waals surface area contributed by atoms with Crippen LogP contribution in [0, 0.1) is 0 Å². The van der Waals surface area contributed by atoms with E-state index in [1.165, 1.54) is 12.8 Å². The molecule has 0 aliphatic carbocycles. The van der Waals surface area contributed by atoms with Gasteiger partial charge in [-0.05, 0) is 69.4 Å². The van der Waals surface area contributed by atoms with E-state index in [-0.39, 0.29) is 28.0 Å². The Kier molecular flexibility index (Phi) is 11.8. The van der Waals surface area contributed by atoms with Crippen molar-refractivity contribution in [3.63, 3.8) is 0 Å². The molecule has 1 aliphatic heterocycles. The van der Waals surface area contributed by atoms with Gasteiger partial charge in [-0.1, -0.05) is 121 Å². The van der Waals surface area contributed by atoms with Gasteiger partial charge in [0.15, 0.2) is 11.6 Å². The van der Waals surface area contributed by atoms with E-state index >= 15 is 0 Å². The maximum absolute atomic E-state index is 12.8. The van der Waals surface area contributed by atoms with Crippen molar-refractivity contribution in [1.29, 1.82) is 0 Å². The minimum atomic E-state index is -0.112. The molecule has 0 unspecified atom stereocenters. The van der Waals surface area contributed by atoms with E-state index in [2.05, 4.69) is 30.4 Å². The number of aromatic nitrogens is 2. The van der Waals surface area contributed by atoms with Crippen LogP contribution in [0.15, 0.2) is 166 Å². The zero-order valence-electron chi connectivity index (χ0n) is 27.9. The number of benzene rings is 6. The molecule has 9 rings (SSSR count). The number of nitrogens with zero attached hydrogens (tertiary/aromatic N) is 6. The molecule has 1 fully saturated rings. The fraction of sp³-hybridized carbons (Fsp3) is 0.0952. The number of ether oxygens (including phenoxy) is 1. The molecule has 0 spiro atoms. The van der Waals surface area contributed by atoms with Crippen LogP contribution in [0.3, 0.4) is 0 Å². The SMILES string of the molecule is C1CCOC1.[Ni+2].[O-]c1c(N=Nc2ccccn2)c2ccccc2c2ccccc12.[O-]c1c(N=Nc2ccccn2)c2ccccc2c2ccccc12. The second-order valence-corrected chi connectivity index (χ2v) is 11.6. The Balaban J connectivity index is 0.000000155. The van der Waals surface area contributed by atoms with E-state index in [1.807, 2.05) is 121 Å². The molecule has 0 N–H and O–H groups in total. The number of azo groups is 2. The summed E-state index contributed by atoms with van der Waals surface area (Å²) in [5, 5.41) is 49.0. The summed E-state index contributed by atoms with van der Waals surface area (Å²) in [6.07, 6.45) is 5.84. The Hall–Kier alpha value is -6.09. The van der Waals surface area contributed by atoms with Gasteiger partial charge >= 0.3 is 16.5 Å². The standard InChI is InChI=1S/2C19H13N3O.C4H8O.Ni/c2*23-19-16-10-4-2-8-14(16)13-7-1-3-9-15(13)18(19)22-21-17-11-5-6-12-20-17;1-2-4-5-3-1;/h2*1-12,23H;1-4H2;/q;;;+2/p-2. The molecule has 1 saturated heterocycles. The van der Waals surface area contributed by atoms with Gasteiger partial charge in [0.05, 0.1) is 11.4 Å². The monoisotopic (exact) mass is 726 g/mol. The summed E-state index contributed by atoms with van der Waals surface area (Å²) in [5.41, 5.74) is 0.704. The molecule has 3 heterocycles. The quantitative estimate of drug-likeness (QED) is 0.101. The van der Waals surface area contributed by atoms with Gasteiger partial charge in [-0.3, -0.25) is 0 Å². The van der Waals surface area contributed by atoms with Gasteiger partial charge in [0, 0.05) is 36.4 Å². The molecule has 10 heteroatoms. The first-order valence-corrected chi connectivity index (χ1v) is 16.6. The first-order chi connectivity index (χ1) is 25.2. The molecule has 0 saturated carbocycles. The van der Waals surface area contributed by atoms with Crippen molar-refractivity contribution in [2.45, 2.75) is 12.8 Å². The number of pyridine rings is 2. The summed E-state index contributed by atoms with van der Waals surface area (Å²) in [7, 11) is 0. The van der Waals surface area contributed by atoms with Crippen molar-refractivity contribution in [3.05, 3.63) is 146 Å². The number of fused-ring (bicyclic) bond motifs is 6. The summed E-state index contributed by atoms with van der Waals surface area (Å²) in [4.78, 5) is 8.21. The van der Waals surface area contributed by atoms with Crippen molar-refractivity contribution >= 4 is 66.1 Å². The zero-order valence-corrected chi connectivity index (χ0v) is 28.9. The molecule has 52 heavy (non-hydrogen) atoms. The Labute approximate surface area is 310 Å². The normalized spacial score (nSPS) is 12.5. The Morgan fingerprint density at radius 3 is 1.06 bits per heavy atom. The topological polar surface area (TPSA) is 131 Å². The van der Waals surface area contributed by atoms with Gasteiger partial charge in [0.2, 0.25) is 0 Å². The van der Waals surface area contributed by atoms with Crippen LogP contribution < -0.4 is 10.2 Å². The number of hydrogen-bond donors (Lipinski definition) is 0. The maximum Gasteiger partial charge on any atom is 2.00 e. The van der Waals surface area contributed by atoms with Crippen LogP contribution in [0.5, 0.6) is 11.5 Å². The second kappa shape index (κ2) is 17.2. The van der Waals surface area contributed by atoms with Gasteiger partial charge in [-0.25, -0.2) is 9.97 Å². The van der Waals surface area contributed by atoms with Gasteiger partial charge in [0.25, 0.3) is 0 Å². The van der Waals surface area contributed by atoms with Gasteiger partial charge in [-0.2, -0.15) is 0 Å². The zero-order chi connectivity index (χ0) is 34.8. The molecule has 0 atom stereocenters. The maximum atomic E-state index is 12.8. The third-order valence-corrected chi connectivity index (χ3v) is 8.35. The first kappa shape index (κ1) is 35.7. The van der Waals surface area contributed by atoms with E-state index in [0.29, 0.717) is 33.8 Å². The molecule has 6 aromatic carbocycles. The summed E-state index contributed by atoms with van der Waals surface area (Å²) < 4.78 is 4.94. The largest absolute Gasteiger partial charge is 2.00 e. The minimum absolute atomic E-state index is 0. The van der Waals surface area contributed by atoms with E-state index in [9.17, 15) is 10.2 Å². The number of rotatable bonds is 4. The van der Waals surface area contributed by atoms with Crippen LogP contribution >= 0.6 is 0 Å². The third kappa shape index (κ3) is 7.94. The summed E-state index contributed by atoms with van der Waals surface area (Å²) >= 11 is 0. The van der Waals surface area contributed by atoms with Crippen molar-refractivity contribution in [2.75, 3.05) is 13.2 Å². The molecule has 0 radical (unpaired) electrons. The number of hydrogen-bond acceptors (Lipinski definition) is 9. The molecule has 9 nitrogen and oxygen atoms in total. The van der Waals surface area contributed by atoms with E-state index < -0.39 is 0 Å². The van der Waals surface area contributed by atoms with Crippen LogP contribution in [-0.2, 0) is 21.2 Å². The van der Waals surface area contributed by atoms with Crippen LogP contribution in [0.2, 0.25) is 0 Å². The molecule has 1 aliphatic rings. The predicted octanol–water partition coefficient (Wildman–Crippen LogP) is 10.5. The second-order valence-electron chi connectivity index (χ2n) is 11.6. The molecule has 0 bridgehead atoms. The molecule has 0 amide bonds. The fourth-order valence-electron chi connectivity index (χ4n) is 5.92. The molecular weight excluding hydrogens is 695 g/mol. The van der Waals surface area contributed by atoms with Gasteiger partial charge in [0.1, 0.15) is 0 Å². The summed E-state index contributed by atoms with van der Waals surface area (Å²) in [6.45, 7) is 2.00. The predicted molar refractivity (Wildman–Crippen MR) is 199 cm³/mol. The first-order valence-electron chi connectivity index (χ1n) is 16.6. The average molecular weight is 727 g/mol. The van der Waals surface area contributed by atoms with Gasteiger partial charge < -0.3 is 14.9 Å². The Bertz CT molecular complexity index is 2310. The fourth-order valence-corrected chi connectivity index (χ4v) is 5.92. The van der Waals surface area contributed by atoms with Crippen molar-refractivity contribution in [2.24, 2.45) is 20.5 Å². The Morgan fingerprint density at radius 2 is 0.731 bits per heavy atom. The third-order valence-electron chi connectivity index (χ3n) is 8.35. The smallest absolute Gasteiger partial charge is 0.871 e. The molecule has 8 aromatic rings. The van der Waals surface area contributed by atoms with Crippen LogP contribution in [0.1, 0.15) is 12.8 Å². The summed E-state index contributed by atoms with van der Waals surface area (Å²) in [5.74, 6) is 0.728. The minimum Gasteiger partial charge on any atom is -0.871 e. The molecular formula is C42H32N6NiO3. The van der Waals surface area contributed by atoms with E-state index in [1.54, 1.807) is 24.5 Å². The van der Waals surface area contributed by atoms with Crippen molar-refractivity contribution < 1.29 is 31.4 Å². The summed E-state index contributed by atoms with van der Waals surface area (Å²) in [6, 6.07) is 41.4. The van der Waals surface area contributed by atoms with E-state index in [4.69, 9.17) is 4.74 Å². The van der Waals surface area contributed by atoms with Crippen LogP contribution in [-0.4, -0.2) is 23.2 Å². The van der Waals surface area contributed by atoms with Crippen LogP contribution in [0.4, 0.5) is 23.0 Å². The van der Waals surface area contributed by atoms with Crippen molar-refractivity contribution in [1.82, 2.24) is 9.97 Å². The molecule has 2 aromatic heterocycles.